The van der Waals surface area contributed by atoms with E-state index in [0.29, 0.717) is 12.3 Å². The standard InChI is InChI=1S/C8H12FNO/c1-6(2)7-5-11-10-8(7)3-4-9/h5-6H,3-4H2,1-2H3. The summed E-state index contributed by atoms with van der Waals surface area (Å²) in [6.07, 6.45) is 1.96. The van der Waals surface area contributed by atoms with Gasteiger partial charge in [0.15, 0.2) is 0 Å². The van der Waals surface area contributed by atoms with Crippen LogP contribution in [-0.2, 0) is 6.42 Å². The molecule has 0 N–H and O–H groups in total. The van der Waals surface area contributed by atoms with Gasteiger partial charge in [-0.3, -0.25) is 4.39 Å². The minimum absolute atomic E-state index is 0.364. The Balaban J connectivity index is 2.78. The molecule has 1 aromatic heterocycles. The zero-order chi connectivity index (χ0) is 8.27. The number of aryl methyl sites for hydroxylation is 1. The molecule has 1 rings (SSSR count). The smallest absolute Gasteiger partial charge is 0.127 e. The van der Waals surface area contributed by atoms with Gasteiger partial charge in [0, 0.05) is 12.0 Å². The minimum Gasteiger partial charge on any atom is -0.364 e. The minimum atomic E-state index is -0.369. The van der Waals surface area contributed by atoms with Gasteiger partial charge in [0.05, 0.1) is 12.4 Å². The molecule has 1 heterocycles. The molecule has 0 spiro atoms. The number of alkyl halides is 1. The fourth-order valence-electron chi connectivity index (χ4n) is 1.02. The van der Waals surface area contributed by atoms with Gasteiger partial charge < -0.3 is 4.52 Å². The molecule has 0 aromatic carbocycles. The maximum atomic E-state index is 11.9. The van der Waals surface area contributed by atoms with Gasteiger partial charge >= 0.3 is 0 Å². The fraction of sp³-hybridized carbons (Fsp3) is 0.625. The largest absolute Gasteiger partial charge is 0.364 e. The summed E-state index contributed by atoms with van der Waals surface area (Å²) >= 11 is 0. The van der Waals surface area contributed by atoms with E-state index in [0.717, 1.165) is 11.3 Å². The molecule has 0 radical (unpaired) electrons. The summed E-state index contributed by atoms with van der Waals surface area (Å²) in [4.78, 5) is 0. The average Bonchev–Trinajstić information content (AvgIpc) is 2.36. The van der Waals surface area contributed by atoms with Gasteiger partial charge in [0.25, 0.3) is 0 Å². The van der Waals surface area contributed by atoms with Gasteiger partial charge in [0.2, 0.25) is 0 Å². The lowest BCUT2D eigenvalue weighted by molar-refractivity contribution is 0.403. The second-order valence-corrected chi connectivity index (χ2v) is 2.81. The van der Waals surface area contributed by atoms with Crippen LogP contribution in [0.5, 0.6) is 0 Å². The lowest BCUT2D eigenvalue weighted by Gasteiger charge is -2.00. The highest BCUT2D eigenvalue weighted by Crippen LogP contribution is 2.18. The SMILES string of the molecule is CC(C)c1conc1CCF. The Morgan fingerprint density at radius 2 is 2.36 bits per heavy atom. The molecule has 3 heteroatoms. The number of hydrogen-bond donors (Lipinski definition) is 0. The quantitative estimate of drug-likeness (QED) is 0.672. The Morgan fingerprint density at radius 1 is 1.64 bits per heavy atom. The summed E-state index contributed by atoms with van der Waals surface area (Å²) in [5, 5.41) is 3.71. The molecule has 0 bridgehead atoms. The van der Waals surface area contributed by atoms with Crippen molar-refractivity contribution < 1.29 is 8.91 Å². The molecule has 62 valence electrons. The van der Waals surface area contributed by atoms with Crippen molar-refractivity contribution in [2.24, 2.45) is 0 Å². The summed E-state index contributed by atoms with van der Waals surface area (Å²) < 4.78 is 16.7. The number of halogens is 1. The molecule has 0 saturated heterocycles. The molecule has 0 atom stereocenters. The van der Waals surface area contributed by atoms with Crippen LogP contribution in [0.25, 0.3) is 0 Å². The van der Waals surface area contributed by atoms with Gasteiger partial charge in [-0.15, -0.1) is 0 Å². The zero-order valence-electron chi connectivity index (χ0n) is 6.80. The second kappa shape index (κ2) is 3.51. The average molecular weight is 157 g/mol. The van der Waals surface area contributed by atoms with Crippen molar-refractivity contribution >= 4 is 0 Å². The van der Waals surface area contributed by atoms with E-state index in [9.17, 15) is 4.39 Å². The maximum Gasteiger partial charge on any atom is 0.127 e. The highest BCUT2D eigenvalue weighted by molar-refractivity contribution is 5.18. The first-order chi connectivity index (χ1) is 5.25. The third-order valence-corrected chi connectivity index (χ3v) is 1.63. The highest BCUT2D eigenvalue weighted by atomic mass is 19.1. The third-order valence-electron chi connectivity index (χ3n) is 1.63. The van der Waals surface area contributed by atoms with E-state index < -0.39 is 0 Å². The van der Waals surface area contributed by atoms with Gasteiger partial charge in [-0.25, -0.2) is 0 Å². The summed E-state index contributed by atoms with van der Waals surface area (Å²) in [5.41, 5.74) is 1.77. The lowest BCUT2D eigenvalue weighted by Crippen LogP contribution is -1.94. The first kappa shape index (κ1) is 8.24. The molecule has 0 aliphatic carbocycles. The van der Waals surface area contributed by atoms with Crippen molar-refractivity contribution in [3.8, 4) is 0 Å². The number of nitrogens with zero attached hydrogens (tertiary/aromatic N) is 1. The summed E-state index contributed by atoms with van der Waals surface area (Å²) in [5.74, 6) is 0.364. The highest BCUT2D eigenvalue weighted by Gasteiger charge is 2.09. The number of hydrogen-bond acceptors (Lipinski definition) is 2. The van der Waals surface area contributed by atoms with Crippen molar-refractivity contribution in [3.63, 3.8) is 0 Å². The van der Waals surface area contributed by atoms with Crippen LogP contribution in [0.15, 0.2) is 10.8 Å². The van der Waals surface area contributed by atoms with Crippen LogP contribution in [0.4, 0.5) is 4.39 Å². The monoisotopic (exact) mass is 157 g/mol. The summed E-state index contributed by atoms with van der Waals surface area (Å²) in [7, 11) is 0. The van der Waals surface area contributed by atoms with E-state index in [1.54, 1.807) is 6.26 Å². The Bertz CT molecular complexity index is 220. The Morgan fingerprint density at radius 3 is 2.91 bits per heavy atom. The summed E-state index contributed by atoms with van der Waals surface area (Å²) in [6.45, 7) is 3.70. The second-order valence-electron chi connectivity index (χ2n) is 2.81. The van der Waals surface area contributed by atoms with Crippen LogP contribution < -0.4 is 0 Å². The van der Waals surface area contributed by atoms with E-state index in [1.807, 2.05) is 13.8 Å². The van der Waals surface area contributed by atoms with Crippen LogP contribution in [0.3, 0.4) is 0 Å². The van der Waals surface area contributed by atoms with Gasteiger partial charge in [-0.05, 0) is 5.92 Å². The maximum absolute atomic E-state index is 11.9. The van der Waals surface area contributed by atoms with Crippen LogP contribution in [0, 0.1) is 0 Å². The van der Waals surface area contributed by atoms with Crippen molar-refractivity contribution in [3.05, 3.63) is 17.5 Å². The van der Waals surface area contributed by atoms with Crippen LogP contribution in [0.1, 0.15) is 31.0 Å². The molecule has 11 heavy (non-hydrogen) atoms. The van der Waals surface area contributed by atoms with E-state index in [-0.39, 0.29) is 6.67 Å². The lowest BCUT2D eigenvalue weighted by atomic mass is 10.0. The molecule has 0 unspecified atom stereocenters. The molecule has 0 amide bonds. The van der Waals surface area contributed by atoms with Gasteiger partial charge in [0.1, 0.15) is 6.26 Å². The van der Waals surface area contributed by atoms with Crippen molar-refractivity contribution in [2.75, 3.05) is 6.67 Å². The summed E-state index contributed by atoms with van der Waals surface area (Å²) in [6, 6.07) is 0. The van der Waals surface area contributed by atoms with Crippen LogP contribution in [0.2, 0.25) is 0 Å². The molecule has 0 saturated carbocycles. The first-order valence-corrected chi connectivity index (χ1v) is 3.74. The van der Waals surface area contributed by atoms with Crippen molar-refractivity contribution in [2.45, 2.75) is 26.2 Å². The Labute approximate surface area is 65.4 Å². The molecular formula is C8H12FNO. The normalized spacial score (nSPS) is 10.9. The number of rotatable bonds is 3. The molecule has 0 aliphatic rings. The van der Waals surface area contributed by atoms with Crippen LogP contribution in [-0.4, -0.2) is 11.8 Å². The van der Waals surface area contributed by atoms with Gasteiger partial charge in [-0.2, -0.15) is 0 Å². The van der Waals surface area contributed by atoms with E-state index in [4.69, 9.17) is 4.52 Å². The topological polar surface area (TPSA) is 26.0 Å². The van der Waals surface area contributed by atoms with Crippen molar-refractivity contribution in [1.29, 1.82) is 0 Å². The predicted octanol–water partition coefficient (Wildman–Crippen LogP) is 2.31. The first-order valence-electron chi connectivity index (χ1n) is 3.74. The number of aromatic nitrogens is 1. The predicted molar refractivity (Wildman–Crippen MR) is 40.3 cm³/mol. The Hall–Kier alpha value is -0.860. The fourth-order valence-corrected chi connectivity index (χ4v) is 1.02. The third kappa shape index (κ3) is 1.79. The van der Waals surface area contributed by atoms with Crippen LogP contribution >= 0.6 is 0 Å². The molecule has 2 nitrogen and oxygen atoms in total. The van der Waals surface area contributed by atoms with Gasteiger partial charge in [-0.1, -0.05) is 19.0 Å². The zero-order valence-corrected chi connectivity index (χ0v) is 6.80. The van der Waals surface area contributed by atoms with E-state index in [2.05, 4.69) is 5.16 Å². The Kier molecular flexibility index (Phi) is 2.63. The molecule has 0 aliphatic heterocycles. The molecule has 1 aromatic rings. The van der Waals surface area contributed by atoms with E-state index in [1.165, 1.54) is 0 Å². The van der Waals surface area contributed by atoms with E-state index >= 15 is 0 Å². The van der Waals surface area contributed by atoms with Crippen molar-refractivity contribution in [1.82, 2.24) is 5.16 Å². The molecule has 0 fully saturated rings. The molecular weight excluding hydrogens is 145 g/mol.